The first-order valence-electron chi connectivity index (χ1n) is 8.76. The minimum absolute atomic E-state index is 0.166. The summed E-state index contributed by atoms with van der Waals surface area (Å²) in [5, 5.41) is 5.67. The van der Waals surface area contributed by atoms with E-state index >= 15 is 0 Å². The third-order valence-corrected chi connectivity index (χ3v) is 3.60. The topological polar surface area (TPSA) is 76.7 Å². The van der Waals surface area contributed by atoms with E-state index in [0.29, 0.717) is 35.8 Å². The fourth-order valence-corrected chi connectivity index (χ4v) is 2.31. The zero-order chi connectivity index (χ0) is 19.9. The van der Waals surface area contributed by atoms with Gasteiger partial charge in [-0.25, -0.2) is 0 Å². The minimum Gasteiger partial charge on any atom is -0.497 e. The number of carbonyl (C=O) groups is 2. The molecule has 0 aliphatic carbocycles. The molecule has 0 saturated carbocycles. The van der Waals surface area contributed by atoms with Gasteiger partial charge in [0.05, 0.1) is 13.7 Å². The van der Waals surface area contributed by atoms with Gasteiger partial charge in [-0.05, 0) is 57.2 Å². The predicted octanol–water partition coefficient (Wildman–Crippen LogP) is 3.03. The van der Waals surface area contributed by atoms with Crippen LogP contribution in [-0.2, 0) is 0 Å². The summed E-state index contributed by atoms with van der Waals surface area (Å²) in [6.45, 7) is 6.45. The first-order valence-corrected chi connectivity index (χ1v) is 8.76. The molecule has 0 heterocycles. The summed E-state index contributed by atoms with van der Waals surface area (Å²) in [7, 11) is 1.59. The second-order valence-corrected chi connectivity index (χ2v) is 7.06. The minimum atomic E-state index is -0.310. The van der Waals surface area contributed by atoms with Crippen molar-refractivity contribution < 1.29 is 19.1 Å². The maximum absolute atomic E-state index is 12.2. The number of amides is 2. The van der Waals surface area contributed by atoms with E-state index in [0.717, 1.165) is 0 Å². The van der Waals surface area contributed by atoms with E-state index in [9.17, 15) is 9.59 Å². The molecule has 0 aromatic heterocycles. The highest BCUT2D eigenvalue weighted by atomic mass is 16.5. The number of nitrogens with one attached hydrogen (secondary N) is 2. The molecular formula is C21H26N2O4. The SMILES string of the molecule is COc1cccc(OCCNC(=O)c2ccc(C(=O)NC(C)(C)C)cc2)c1. The van der Waals surface area contributed by atoms with Crippen LogP contribution in [0.15, 0.2) is 48.5 Å². The predicted molar refractivity (Wildman–Crippen MR) is 104 cm³/mol. The fraction of sp³-hybridized carbons (Fsp3) is 0.333. The smallest absolute Gasteiger partial charge is 0.251 e. The molecule has 0 fully saturated rings. The second-order valence-electron chi connectivity index (χ2n) is 7.06. The molecule has 2 aromatic carbocycles. The number of ether oxygens (including phenoxy) is 2. The van der Waals surface area contributed by atoms with Crippen LogP contribution in [0.3, 0.4) is 0 Å². The molecule has 2 rings (SSSR count). The van der Waals surface area contributed by atoms with Crippen LogP contribution in [0.2, 0.25) is 0 Å². The lowest BCUT2D eigenvalue weighted by molar-refractivity contribution is 0.0915. The summed E-state index contributed by atoms with van der Waals surface area (Å²) < 4.78 is 10.7. The van der Waals surface area contributed by atoms with Crippen LogP contribution < -0.4 is 20.1 Å². The van der Waals surface area contributed by atoms with E-state index in [-0.39, 0.29) is 17.4 Å². The summed E-state index contributed by atoms with van der Waals surface area (Å²) >= 11 is 0. The number of hydrogen-bond donors (Lipinski definition) is 2. The van der Waals surface area contributed by atoms with Gasteiger partial charge in [0.25, 0.3) is 11.8 Å². The highest BCUT2D eigenvalue weighted by Crippen LogP contribution is 2.18. The van der Waals surface area contributed by atoms with Gasteiger partial charge in [-0.1, -0.05) is 6.07 Å². The average Bonchev–Trinajstić information content (AvgIpc) is 2.64. The third-order valence-electron chi connectivity index (χ3n) is 3.60. The normalized spacial score (nSPS) is 10.8. The van der Waals surface area contributed by atoms with Crippen LogP contribution in [0.1, 0.15) is 41.5 Å². The zero-order valence-electron chi connectivity index (χ0n) is 16.2. The van der Waals surface area contributed by atoms with E-state index in [4.69, 9.17) is 9.47 Å². The van der Waals surface area contributed by atoms with Crippen molar-refractivity contribution in [3.63, 3.8) is 0 Å². The van der Waals surface area contributed by atoms with Gasteiger partial charge < -0.3 is 20.1 Å². The van der Waals surface area contributed by atoms with Gasteiger partial charge in [-0.15, -0.1) is 0 Å². The highest BCUT2D eigenvalue weighted by Gasteiger charge is 2.15. The van der Waals surface area contributed by atoms with Gasteiger partial charge in [-0.2, -0.15) is 0 Å². The molecule has 0 radical (unpaired) electrons. The molecule has 0 atom stereocenters. The molecule has 2 aromatic rings. The Morgan fingerprint density at radius 2 is 1.52 bits per heavy atom. The largest absolute Gasteiger partial charge is 0.497 e. The Labute approximate surface area is 159 Å². The van der Waals surface area contributed by atoms with Crippen LogP contribution >= 0.6 is 0 Å². The van der Waals surface area contributed by atoms with Gasteiger partial charge >= 0.3 is 0 Å². The lowest BCUT2D eigenvalue weighted by atomic mass is 10.1. The quantitative estimate of drug-likeness (QED) is 0.735. The number of benzene rings is 2. The van der Waals surface area contributed by atoms with Crippen molar-refractivity contribution in [2.45, 2.75) is 26.3 Å². The summed E-state index contributed by atoms with van der Waals surface area (Å²) in [6.07, 6.45) is 0. The number of rotatable bonds is 7. The Bertz CT molecular complexity index is 780. The van der Waals surface area contributed by atoms with E-state index in [1.54, 1.807) is 37.4 Å². The monoisotopic (exact) mass is 370 g/mol. The van der Waals surface area contributed by atoms with Gasteiger partial charge in [0, 0.05) is 22.7 Å². The molecule has 0 bridgehead atoms. The van der Waals surface area contributed by atoms with Crippen LogP contribution in [0.25, 0.3) is 0 Å². The van der Waals surface area contributed by atoms with Crippen LogP contribution in [0.4, 0.5) is 0 Å². The Kier molecular flexibility index (Phi) is 6.82. The van der Waals surface area contributed by atoms with E-state index in [1.165, 1.54) is 0 Å². The lowest BCUT2D eigenvalue weighted by Crippen LogP contribution is -2.40. The van der Waals surface area contributed by atoms with Crippen molar-refractivity contribution in [3.05, 3.63) is 59.7 Å². The summed E-state index contributed by atoms with van der Waals surface area (Å²) in [6, 6.07) is 13.8. The summed E-state index contributed by atoms with van der Waals surface area (Å²) in [4.78, 5) is 24.3. The van der Waals surface area contributed by atoms with Crippen molar-refractivity contribution in [1.82, 2.24) is 10.6 Å². The van der Waals surface area contributed by atoms with E-state index in [2.05, 4.69) is 10.6 Å². The Balaban J connectivity index is 1.81. The molecule has 6 heteroatoms. The van der Waals surface area contributed by atoms with E-state index in [1.807, 2.05) is 39.0 Å². The average molecular weight is 370 g/mol. The van der Waals surface area contributed by atoms with Crippen molar-refractivity contribution in [2.75, 3.05) is 20.3 Å². The molecule has 0 aliphatic heterocycles. The lowest BCUT2D eigenvalue weighted by Gasteiger charge is -2.20. The summed E-state index contributed by atoms with van der Waals surface area (Å²) in [5.41, 5.74) is 0.696. The molecule has 6 nitrogen and oxygen atoms in total. The van der Waals surface area contributed by atoms with Gasteiger partial charge in [-0.3, -0.25) is 9.59 Å². The fourth-order valence-electron chi connectivity index (χ4n) is 2.31. The highest BCUT2D eigenvalue weighted by molar-refractivity contribution is 5.98. The molecule has 0 unspecified atom stereocenters. The maximum atomic E-state index is 12.2. The molecule has 0 spiro atoms. The van der Waals surface area contributed by atoms with Crippen LogP contribution in [0, 0.1) is 0 Å². The molecule has 27 heavy (non-hydrogen) atoms. The van der Waals surface area contributed by atoms with Crippen molar-refractivity contribution >= 4 is 11.8 Å². The molecular weight excluding hydrogens is 344 g/mol. The van der Waals surface area contributed by atoms with Gasteiger partial charge in [0.15, 0.2) is 0 Å². The van der Waals surface area contributed by atoms with Gasteiger partial charge in [0.2, 0.25) is 0 Å². The number of carbonyl (C=O) groups excluding carboxylic acids is 2. The number of methoxy groups -OCH3 is 1. The van der Waals surface area contributed by atoms with Crippen molar-refractivity contribution in [2.24, 2.45) is 0 Å². The molecule has 2 N–H and O–H groups in total. The third kappa shape index (κ3) is 6.66. The summed E-state index contributed by atoms with van der Waals surface area (Å²) in [5.74, 6) is 1.01. The standard InChI is InChI=1S/C21H26N2O4/c1-21(2,3)23-20(25)16-10-8-15(9-11-16)19(24)22-12-13-27-18-7-5-6-17(14-18)26-4/h5-11,14H,12-13H2,1-4H3,(H,22,24)(H,23,25). The van der Waals surface area contributed by atoms with E-state index < -0.39 is 0 Å². The molecule has 2 amide bonds. The number of hydrogen-bond acceptors (Lipinski definition) is 4. The van der Waals surface area contributed by atoms with Gasteiger partial charge in [0.1, 0.15) is 18.1 Å². The molecule has 0 aliphatic rings. The Hall–Kier alpha value is -3.02. The Morgan fingerprint density at radius 1 is 0.926 bits per heavy atom. The maximum Gasteiger partial charge on any atom is 0.251 e. The second kappa shape index (κ2) is 9.07. The zero-order valence-corrected chi connectivity index (χ0v) is 16.2. The first kappa shape index (κ1) is 20.3. The molecule has 0 saturated heterocycles. The van der Waals surface area contributed by atoms with Crippen LogP contribution in [0.5, 0.6) is 11.5 Å². The van der Waals surface area contributed by atoms with Crippen LogP contribution in [-0.4, -0.2) is 37.6 Å². The first-order chi connectivity index (χ1) is 12.8. The Morgan fingerprint density at radius 3 is 2.11 bits per heavy atom. The van der Waals surface area contributed by atoms with Crippen molar-refractivity contribution in [1.29, 1.82) is 0 Å². The molecule has 144 valence electrons. The van der Waals surface area contributed by atoms with Crippen molar-refractivity contribution in [3.8, 4) is 11.5 Å².